The predicted molar refractivity (Wildman–Crippen MR) is 153 cm³/mol. The van der Waals surface area contributed by atoms with Crippen molar-refractivity contribution in [2.24, 2.45) is 0 Å². The summed E-state index contributed by atoms with van der Waals surface area (Å²) in [5, 5.41) is 25.6. The molecule has 1 aromatic heterocycles. The van der Waals surface area contributed by atoms with E-state index >= 15 is 0 Å². The van der Waals surface area contributed by atoms with Gasteiger partial charge in [-0.3, -0.25) is 4.57 Å². The third kappa shape index (κ3) is 6.79. The summed E-state index contributed by atoms with van der Waals surface area (Å²) in [5.74, 6) is -1.02. The monoisotopic (exact) mass is 570 g/mol. The Bertz CT molecular complexity index is 1500. The zero-order valence-corrected chi connectivity index (χ0v) is 23.7. The van der Waals surface area contributed by atoms with Crippen molar-refractivity contribution in [3.63, 3.8) is 0 Å². The Kier molecular flexibility index (Phi) is 9.28. The Labute approximate surface area is 232 Å². The molecule has 1 heterocycles. The highest BCUT2D eigenvalue weighted by Gasteiger charge is 2.24. The van der Waals surface area contributed by atoms with Crippen molar-refractivity contribution in [1.29, 1.82) is 0 Å². The molecule has 0 aliphatic heterocycles. The number of rotatable bonds is 12. The lowest BCUT2D eigenvalue weighted by molar-refractivity contribution is 0.0686. The van der Waals surface area contributed by atoms with Gasteiger partial charge in [-0.2, -0.15) is 0 Å². The number of carbonyl (C=O) groups is 1. The van der Waals surface area contributed by atoms with Crippen molar-refractivity contribution in [2.45, 2.75) is 32.0 Å². The van der Waals surface area contributed by atoms with Crippen LogP contribution in [-0.4, -0.2) is 47.6 Å². The minimum atomic E-state index is -3.36. The fourth-order valence-electron chi connectivity index (χ4n) is 4.62. The molecule has 3 N–H and O–H groups in total. The molecule has 0 bridgehead atoms. The van der Waals surface area contributed by atoms with Crippen LogP contribution in [0.15, 0.2) is 72.8 Å². The molecule has 2 atom stereocenters. The number of carboxylic acid groups (broad SMARTS) is 1. The highest BCUT2D eigenvalue weighted by atomic mass is 35.5. The third-order valence-corrected chi connectivity index (χ3v) is 8.82. The molecule has 0 radical (unpaired) electrons. The molecule has 0 aliphatic rings. The summed E-state index contributed by atoms with van der Waals surface area (Å²) < 4.78 is 24.5. The molecule has 0 aliphatic carbocycles. The molecule has 0 saturated heterocycles. The molecule has 3 aromatic carbocycles. The van der Waals surface area contributed by atoms with Crippen LogP contribution in [-0.2, 0) is 26.6 Å². The SMILES string of the molecule is COP(=O)(OC)c1ccc(Cn2c(C(=O)O)cc3cc(C[C@@H](C)NC[C@@H](O)c4cccc(Cl)c4)ccc32)cc1. The lowest BCUT2D eigenvalue weighted by Crippen LogP contribution is -2.32. The summed E-state index contributed by atoms with van der Waals surface area (Å²) in [6.07, 6.45) is 0.0255. The summed E-state index contributed by atoms with van der Waals surface area (Å²) in [6.45, 7) is 2.75. The molecule has 39 heavy (non-hydrogen) atoms. The lowest BCUT2D eigenvalue weighted by atomic mass is 10.0. The number of nitrogens with zero attached hydrogens (tertiary/aromatic N) is 1. The molecule has 8 nitrogen and oxygen atoms in total. The van der Waals surface area contributed by atoms with Crippen molar-refractivity contribution in [1.82, 2.24) is 9.88 Å². The number of aromatic nitrogens is 1. The van der Waals surface area contributed by atoms with Crippen molar-refractivity contribution < 1.29 is 28.6 Å². The maximum absolute atomic E-state index is 12.6. The Morgan fingerprint density at radius 1 is 1.03 bits per heavy atom. The average molecular weight is 571 g/mol. The fraction of sp³-hybridized carbons (Fsp3) is 0.276. The van der Waals surface area contributed by atoms with E-state index in [0.29, 0.717) is 29.8 Å². The molecule has 4 aromatic rings. The predicted octanol–water partition coefficient (Wildman–Crippen LogP) is 5.41. The van der Waals surface area contributed by atoms with Gasteiger partial charge in [-0.05, 0) is 72.5 Å². The number of aliphatic hydroxyl groups excluding tert-OH is 1. The van der Waals surface area contributed by atoms with Gasteiger partial charge in [0, 0.05) is 49.3 Å². The lowest BCUT2D eigenvalue weighted by Gasteiger charge is -2.18. The first kappa shape index (κ1) is 29.0. The summed E-state index contributed by atoms with van der Waals surface area (Å²) in [6, 6.07) is 21.8. The number of aromatic carboxylic acids is 1. The zero-order chi connectivity index (χ0) is 28.2. The molecule has 4 rings (SSSR count). The van der Waals surface area contributed by atoms with Gasteiger partial charge in [0.1, 0.15) is 5.69 Å². The first-order valence-corrected chi connectivity index (χ1v) is 14.4. The molecule has 0 spiro atoms. The van der Waals surface area contributed by atoms with E-state index < -0.39 is 19.7 Å². The summed E-state index contributed by atoms with van der Waals surface area (Å²) in [7, 11) is -0.695. The van der Waals surface area contributed by atoms with Gasteiger partial charge in [0.25, 0.3) is 0 Å². The van der Waals surface area contributed by atoms with Gasteiger partial charge in [-0.1, -0.05) is 41.9 Å². The van der Waals surface area contributed by atoms with Crippen LogP contribution in [0.4, 0.5) is 0 Å². The molecule has 0 amide bonds. The maximum Gasteiger partial charge on any atom is 0.360 e. The van der Waals surface area contributed by atoms with Crippen molar-refractivity contribution >= 4 is 41.4 Å². The van der Waals surface area contributed by atoms with Crippen molar-refractivity contribution in [2.75, 3.05) is 20.8 Å². The number of hydrogen-bond acceptors (Lipinski definition) is 6. The highest BCUT2D eigenvalue weighted by Crippen LogP contribution is 2.44. The van der Waals surface area contributed by atoms with Crippen LogP contribution in [0.5, 0.6) is 0 Å². The van der Waals surface area contributed by atoms with Crippen LogP contribution in [0, 0.1) is 0 Å². The first-order chi connectivity index (χ1) is 18.6. The molecule has 0 unspecified atom stereocenters. The van der Waals surface area contributed by atoms with Crippen molar-refractivity contribution in [3.8, 4) is 0 Å². The fourth-order valence-corrected chi connectivity index (χ4v) is 5.90. The summed E-state index contributed by atoms with van der Waals surface area (Å²) in [5.41, 5.74) is 3.64. The topological polar surface area (TPSA) is 110 Å². The van der Waals surface area contributed by atoms with E-state index in [1.807, 2.05) is 37.3 Å². The van der Waals surface area contributed by atoms with Crippen LogP contribution >= 0.6 is 19.2 Å². The number of halogens is 1. The molecule has 10 heteroatoms. The first-order valence-electron chi connectivity index (χ1n) is 12.5. The quantitative estimate of drug-likeness (QED) is 0.195. The Hall–Kier alpha value is -2.97. The summed E-state index contributed by atoms with van der Waals surface area (Å²) in [4.78, 5) is 12.1. The number of hydrogen-bond donors (Lipinski definition) is 3. The van der Waals surface area contributed by atoms with Crippen molar-refractivity contribution in [3.05, 3.63) is 100 Å². The van der Waals surface area contributed by atoms with Gasteiger partial charge in [0.2, 0.25) is 0 Å². The smallest absolute Gasteiger partial charge is 0.360 e. The van der Waals surface area contributed by atoms with Crippen LogP contribution in [0.2, 0.25) is 5.02 Å². The van der Waals surface area contributed by atoms with E-state index in [4.69, 9.17) is 20.6 Å². The van der Waals surface area contributed by atoms with Crippen LogP contribution in [0.25, 0.3) is 10.9 Å². The molecule has 0 saturated carbocycles. The number of fused-ring (bicyclic) bond motifs is 1. The second-order valence-electron chi connectivity index (χ2n) is 9.43. The van der Waals surface area contributed by atoms with E-state index in [1.54, 1.807) is 47.0 Å². The van der Waals surface area contributed by atoms with Gasteiger partial charge < -0.3 is 29.1 Å². The zero-order valence-electron chi connectivity index (χ0n) is 22.0. The van der Waals surface area contributed by atoms with E-state index in [2.05, 4.69) is 5.32 Å². The number of nitrogens with one attached hydrogen (secondary N) is 1. The standard InChI is InChI=1S/C29H32ClN2O6P/c1-19(31-17-28(33)22-5-4-6-24(30)15-22)13-21-9-12-26-23(14-21)16-27(29(34)35)32(26)18-20-7-10-25(11-8-20)39(36,37-2)38-3/h4-12,14-16,19,28,31,33H,13,17-18H2,1-3H3,(H,34,35)/t19-,28-/m1/s1. The second-order valence-corrected chi connectivity index (χ2v) is 12.1. The normalized spacial score (nSPS) is 13.5. The van der Waals surface area contributed by atoms with E-state index in [0.717, 1.165) is 27.6 Å². The largest absolute Gasteiger partial charge is 0.477 e. The van der Waals surface area contributed by atoms with Gasteiger partial charge in [-0.25, -0.2) is 4.79 Å². The Balaban J connectivity index is 1.48. The molecule has 0 fully saturated rings. The van der Waals surface area contributed by atoms with Gasteiger partial charge >= 0.3 is 13.6 Å². The van der Waals surface area contributed by atoms with Crippen LogP contribution in [0.3, 0.4) is 0 Å². The minimum Gasteiger partial charge on any atom is -0.477 e. The number of aliphatic hydroxyl groups is 1. The van der Waals surface area contributed by atoms with E-state index in [1.165, 1.54) is 14.2 Å². The summed E-state index contributed by atoms with van der Waals surface area (Å²) >= 11 is 6.03. The number of carboxylic acids is 1. The van der Waals surface area contributed by atoms with Crippen LogP contribution in [0.1, 0.15) is 40.2 Å². The van der Waals surface area contributed by atoms with Gasteiger partial charge in [0.15, 0.2) is 0 Å². The number of benzene rings is 3. The van der Waals surface area contributed by atoms with Crippen LogP contribution < -0.4 is 10.6 Å². The third-order valence-electron chi connectivity index (χ3n) is 6.69. The maximum atomic E-state index is 12.6. The molecule has 206 valence electrons. The molecular weight excluding hydrogens is 539 g/mol. The van der Waals surface area contributed by atoms with E-state index in [9.17, 15) is 19.6 Å². The molecular formula is C29H32ClN2O6P. The minimum absolute atomic E-state index is 0.0750. The Morgan fingerprint density at radius 3 is 2.36 bits per heavy atom. The second kappa shape index (κ2) is 12.5. The highest BCUT2D eigenvalue weighted by molar-refractivity contribution is 7.62. The van der Waals surface area contributed by atoms with Gasteiger partial charge in [-0.15, -0.1) is 0 Å². The Morgan fingerprint density at radius 2 is 1.72 bits per heavy atom. The van der Waals surface area contributed by atoms with Gasteiger partial charge in [0.05, 0.1) is 11.4 Å². The average Bonchev–Trinajstić information content (AvgIpc) is 3.29. The van der Waals surface area contributed by atoms with E-state index in [-0.39, 0.29) is 11.7 Å².